The molecule has 4 aromatic rings. The Hall–Kier alpha value is -3.93. The van der Waals surface area contributed by atoms with Crippen LogP contribution in [0, 0.1) is 0 Å². The van der Waals surface area contributed by atoms with Gasteiger partial charge in [-0.3, -0.25) is 14.5 Å². The molecule has 0 fully saturated rings. The topological polar surface area (TPSA) is 78.1 Å². The van der Waals surface area contributed by atoms with Gasteiger partial charge < -0.3 is 10.3 Å². The van der Waals surface area contributed by atoms with Gasteiger partial charge in [0, 0.05) is 53.2 Å². The Labute approximate surface area is 173 Å². The van der Waals surface area contributed by atoms with E-state index in [0.29, 0.717) is 30.6 Å². The maximum atomic E-state index is 12.9. The zero-order chi connectivity index (χ0) is 20.5. The number of aromatic amines is 1. The lowest BCUT2D eigenvalue weighted by Gasteiger charge is -2.27. The number of nitrogens with zero attached hydrogens (tertiary/aromatic N) is 2. The van der Waals surface area contributed by atoms with Gasteiger partial charge in [0.1, 0.15) is 5.82 Å². The van der Waals surface area contributed by atoms with Gasteiger partial charge in [-0.15, -0.1) is 0 Å². The van der Waals surface area contributed by atoms with Crippen molar-refractivity contribution in [2.75, 3.05) is 18.4 Å². The summed E-state index contributed by atoms with van der Waals surface area (Å²) in [4.78, 5) is 34.5. The molecule has 0 radical (unpaired) electrons. The van der Waals surface area contributed by atoms with E-state index in [1.165, 1.54) is 4.90 Å². The van der Waals surface area contributed by atoms with Crippen molar-refractivity contribution in [2.24, 2.45) is 0 Å². The number of anilines is 1. The fourth-order valence-corrected chi connectivity index (χ4v) is 3.92. The molecule has 148 valence electrons. The third-order valence-corrected chi connectivity index (χ3v) is 5.40. The molecule has 1 aromatic heterocycles. The summed E-state index contributed by atoms with van der Waals surface area (Å²) in [6, 6.07) is 19.2. The largest absolute Gasteiger partial charge is 0.385 e. The fraction of sp³-hybridized carbons (Fsp3) is 0.125. The van der Waals surface area contributed by atoms with Crippen LogP contribution >= 0.6 is 0 Å². The minimum atomic E-state index is -0.216. The number of hydrogen-bond acceptors (Lipinski definition) is 4. The lowest BCUT2D eigenvalue weighted by molar-refractivity contribution is 0.0610. The quantitative estimate of drug-likeness (QED) is 0.376. The summed E-state index contributed by atoms with van der Waals surface area (Å²) >= 11 is 0. The lowest BCUT2D eigenvalue weighted by atomic mass is 9.94. The van der Waals surface area contributed by atoms with Crippen molar-refractivity contribution >= 4 is 28.3 Å². The first-order chi connectivity index (χ1) is 14.7. The van der Waals surface area contributed by atoms with Gasteiger partial charge >= 0.3 is 0 Å². The molecular formula is C24H20N4O2. The third-order valence-electron chi connectivity index (χ3n) is 5.40. The molecule has 2 heterocycles. The molecule has 0 saturated heterocycles. The molecule has 0 atom stereocenters. The minimum absolute atomic E-state index is 0.216. The number of imidazole rings is 1. The summed E-state index contributed by atoms with van der Waals surface area (Å²) < 4.78 is 0. The number of carbonyl (C=O) groups excluding carboxylic acids is 2. The molecule has 3 aromatic carbocycles. The van der Waals surface area contributed by atoms with Crippen LogP contribution < -0.4 is 5.32 Å². The zero-order valence-electron chi connectivity index (χ0n) is 16.3. The normalized spacial score (nSPS) is 13.1. The van der Waals surface area contributed by atoms with Crippen molar-refractivity contribution in [3.05, 3.63) is 84.2 Å². The molecule has 6 heteroatoms. The van der Waals surface area contributed by atoms with Gasteiger partial charge in [0.25, 0.3) is 11.8 Å². The average Bonchev–Trinajstić information content (AvgIpc) is 3.32. The summed E-state index contributed by atoms with van der Waals surface area (Å²) in [6.07, 6.45) is 4.18. The van der Waals surface area contributed by atoms with Gasteiger partial charge in [-0.25, -0.2) is 4.98 Å². The Balaban J connectivity index is 1.23. The number of amides is 2. The van der Waals surface area contributed by atoms with Crippen LogP contribution in [0.2, 0.25) is 0 Å². The Morgan fingerprint density at radius 2 is 1.60 bits per heavy atom. The van der Waals surface area contributed by atoms with E-state index in [1.807, 2.05) is 48.5 Å². The number of H-pyrrole nitrogens is 1. The molecular weight excluding hydrogens is 376 g/mol. The third kappa shape index (κ3) is 3.12. The van der Waals surface area contributed by atoms with Crippen LogP contribution in [0.4, 0.5) is 5.69 Å². The molecule has 0 spiro atoms. The van der Waals surface area contributed by atoms with Crippen molar-refractivity contribution in [1.82, 2.24) is 14.9 Å². The average molecular weight is 396 g/mol. The smallest absolute Gasteiger partial charge is 0.261 e. The fourth-order valence-electron chi connectivity index (χ4n) is 3.92. The highest BCUT2D eigenvalue weighted by molar-refractivity contribution is 6.25. The SMILES string of the molecule is O=C1c2cccc3cccc(c23)C(=O)N1CCCNc1ccc(-c2ncc[nH]2)cc1. The Bertz CT molecular complexity index is 1180. The van der Waals surface area contributed by atoms with E-state index in [0.717, 1.165) is 27.8 Å². The lowest BCUT2D eigenvalue weighted by Crippen LogP contribution is -2.41. The summed E-state index contributed by atoms with van der Waals surface area (Å²) in [6.45, 7) is 1.03. The predicted octanol–water partition coefficient (Wildman–Crippen LogP) is 4.33. The standard InChI is InChI=1S/C24H20N4O2/c29-23-19-6-1-4-16-5-2-7-20(21(16)19)24(30)28(23)15-3-12-25-18-10-8-17(9-11-18)22-26-13-14-27-22/h1-2,4-11,13-14,25H,3,12,15H2,(H,26,27). The molecule has 1 aliphatic rings. The van der Waals surface area contributed by atoms with Gasteiger partial charge in [-0.1, -0.05) is 24.3 Å². The van der Waals surface area contributed by atoms with Crippen LogP contribution in [0.3, 0.4) is 0 Å². The van der Waals surface area contributed by atoms with E-state index >= 15 is 0 Å². The van der Waals surface area contributed by atoms with Crippen molar-refractivity contribution in [3.63, 3.8) is 0 Å². The Morgan fingerprint density at radius 3 is 2.23 bits per heavy atom. The zero-order valence-corrected chi connectivity index (χ0v) is 16.3. The highest BCUT2D eigenvalue weighted by Crippen LogP contribution is 2.30. The number of benzene rings is 3. The van der Waals surface area contributed by atoms with E-state index in [9.17, 15) is 9.59 Å². The second-order valence-corrected chi connectivity index (χ2v) is 7.27. The summed E-state index contributed by atoms with van der Waals surface area (Å²) in [5, 5.41) is 5.03. The molecule has 30 heavy (non-hydrogen) atoms. The van der Waals surface area contributed by atoms with E-state index < -0.39 is 0 Å². The molecule has 6 nitrogen and oxygen atoms in total. The molecule has 5 rings (SSSR count). The van der Waals surface area contributed by atoms with Crippen molar-refractivity contribution in [3.8, 4) is 11.4 Å². The molecule has 0 aliphatic carbocycles. The van der Waals surface area contributed by atoms with Gasteiger partial charge in [-0.05, 0) is 48.2 Å². The molecule has 2 amide bonds. The number of nitrogens with one attached hydrogen (secondary N) is 2. The maximum absolute atomic E-state index is 12.9. The van der Waals surface area contributed by atoms with Gasteiger partial charge in [0.2, 0.25) is 0 Å². The number of carbonyl (C=O) groups is 2. The van der Waals surface area contributed by atoms with E-state index in [2.05, 4.69) is 15.3 Å². The van der Waals surface area contributed by atoms with Crippen molar-refractivity contribution < 1.29 is 9.59 Å². The van der Waals surface area contributed by atoms with Crippen LogP contribution in [-0.2, 0) is 0 Å². The number of imide groups is 1. The van der Waals surface area contributed by atoms with Gasteiger partial charge in [0.15, 0.2) is 0 Å². The van der Waals surface area contributed by atoms with E-state index in [1.54, 1.807) is 24.5 Å². The van der Waals surface area contributed by atoms with Crippen LogP contribution in [-0.4, -0.2) is 39.8 Å². The van der Waals surface area contributed by atoms with Crippen LogP contribution in [0.15, 0.2) is 73.1 Å². The predicted molar refractivity (Wildman–Crippen MR) is 116 cm³/mol. The van der Waals surface area contributed by atoms with Crippen LogP contribution in [0.25, 0.3) is 22.2 Å². The second kappa shape index (κ2) is 7.48. The number of aromatic nitrogens is 2. The van der Waals surface area contributed by atoms with E-state index in [4.69, 9.17) is 0 Å². The molecule has 1 aliphatic heterocycles. The van der Waals surface area contributed by atoms with Crippen LogP contribution in [0.1, 0.15) is 27.1 Å². The highest BCUT2D eigenvalue weighted by Gasteiger charge is 2.31. The van der Waals surface area contributed by atoms with Gasteiger partial charge in [-0.2, -0.15) is 0 Å². The Kier molecular flexibility index (Phi) is 4.52. The summed E-state index contributed by atoms with van der Waals surface area (Å²) in [7, 11) is 0. The number of rotatable bonds is 6. The molecule has 2 N–H and O–H groups in total. The first kappa shape index (κ1) is 18.1. The number of hydrogen-bond donors (Lipinski definition) is 2. The maximum Gasteiger partial charge on any atom is 0.261 e. The molecule has 0 saturated carbocycles. The monoisotopic (exact) mass is 396 g/mol. The minimum Gasteiger partial charge on any atom is -0.385 e. The van der Waals surface area contributed by atoms with Gasteiger partial charge in [0.05, 0.1) is 0 Å². The first-order valence-corrected chi connectivity index (χ1v) is 9.94. The van der Waals surface area contributed by atoms with Crippen molar-refractivity contribution in [1.29, 1.82) is 0 Å². The molecule has 0 unspecified atom stereocenters. The Morgan fingerprint density at radius 1 is 0.900 bits per heavy atom. The van der Waals surface area contributed by atoms with Crippen LogP contribution in [0.5, 0.6) is 0 Å². The summed E-state index contributed by atoms with van der Waals surface area (Å²) in [5.74, 6) is 0.401. The summed E-state index contributed by atoms with van der Waals surface area (Å²) in [5.41, 5.74) is 3.20. The first-order valence-electron chi connectivity index (χ1n) is 9.94. The highest BCUT2D eigenvalue weighted by atomic mass is 16.2. The molecule has 0 bridgehead atoms. The van der Waals surface area contributed by atoms with E-state index in [-0.39, 0.29) is 11.8 Å². The second-order valence-electron chi connectivity index (χ2n) is 7.27. The van der Waals surface area contributed by atoms with Crippen molar-refractivity contribution in [2.45, 2.75) is 6.42 Å².